The molecule has 0 spiro atoms. The molecule has 0 unspecified atom stereocenters. The van der Waals surface area contributed by atoms with Crippen LogP contribution in [0.25, 0.3) is 38.9 Å². The summed E-state index contributed by atoms with van der Waals surface area (Å²) in [5.41, 5.74) is 6.17. The van der Waals surface area contributed by atoms with E-state index in [1.165, 1.54) is 5.56 Å². The smallest absolute Gasteiger partial charge is 0.404 e. The second-order valence-electron chi connectivity index (χ2n) is 10.3. The Hall–Kier alpha value is -4.47. The summed E-state index contributed by atoms with van der Waals surface area (Å²) in [5, 5.41) is 12.6. The van der Waals surface area contributed by atoms with Crippen LogP contribution in [0.5, 0.6) is 5.75 Å². The van der Waals surface area contributed by atoms with Crippen molar-refractivity contribution >= 4 is 28.0 Å². The van der Waals surface area contributed by atoms with Crippen molar-refractivity contribution in [2.24, 2.45) is 0 Å². The van der Waals surface area contributed by atoms with Gasteiger partial charge in [-0.1, -0.05) is 42.5 Å². The Morgan fingerprint density at radius 2 is 1.85 bits per heavy atom. The Labute approximate surface area is 238 Å². The molecule has 2 N–H and O–H groups in total. The predicted molar refractivity (Wildman–Crippen MR) is 159 cm³/mol. The van der Waals surface area contributed by atoms with E-state index in [-0.39, 0.29) is 6.04 Å². The molecule has 0 aliphatic carbocycles. The molecule has 9 nitrogen and oxygen atoms in total. The summed E-state index contributed by atoms with van der Waals surface area (Å²) in [6, 6.07) is 25.0. The van der Waals surface area contributed by atoms with Crippen molar-refractivity contribution in [3.8, 4) is 22.7 Å². The van der Waals surface area contributed by atoms with Gasteiger partial charge >= 0.3 is 6.09 Å². The maximum Gasteiger partial charge on any atom is 0.404 e. The summed E-state index contributed by atoms with van der Waals surface area (Å²) < 4.78 is 12.8. The predicted octanol–water partition coefficient (Wildman–Crippen LogP) is 5.50. The highest BCUT2D eigenvalue weighted by molar-refractivity contribution is 5.94. The van der Waals surface area contributed by atoms with Crippen molar-refractivity contribution in [3.05, 3.63) is 84.7 Å². The Bertz CT molecular complexity index is 1660. The molecule has 1 aliphatic rings. The van der Waals surface area contributed by atoms with Crippen molar-refractivity contribution in [2.45, 2.75) is 25.4 Å². The van der Waals surface area contributed by atoms with Gasteiger partial charge in [0, 0.05) is 49.8 Å². The molecule has 3 aromatic carbocycles. The lowest BCUT2D eigenvalue weighted by molar-refractivity contribution is 0.146. The number of hydrogen-bond acceptors (Lipinski definition) is 6. The first-order valence-corrected chi connectivity index (χ1v) is 13.9. The highest BCUT2D eigenvalue weighted by atomic mass is 16.5. The quantitative estimate of drug-likeness (QED) is 0.233. The Morgan fingerprint density at radius 1 is 1.02 bits per heavy atom. The van der Waals surface area contributed by atoms with Crippen molar-refractivity contribution in [1.29, 1.82) is 0 Å². The number of methoxy groups -OCH3 is 1. The Kier molecular flexibility index (Phi) is 7.80. The monoisotopic (exact) mass is 551 g/mol. The van der Waals surface area contributed by atoms with Gasteiger partial charge in [-0.05, 0) is 48.2 Å². The summed E-state index contributed by atoms with van der Waals surface area (Å²) in [4.78, 5) is 23.0. The second-order valence-corrected chi connectivity index (χ2v) is 10.3. The number of pyridine rings is 1. The minimum Gasteiger partial charge on any atom is -0.491 e. The summed E-state index contributed by atoms with van der Waals surface area (Å²) in [6.07, 6.45) is 2.54. The zero-order valence-electron chi connectivity index (χ0n) is 23.0. The lowest BCUT2D eigenvalue weighted by atomic mass is 10.00. The van der Waals surface area contributed by atoms with Crippen LogP contribution in [-0.2, 0) is 11.3 Å². The van der Waals surface area contributed by atoms with Crippen LogP contribution in [-0.4, -0.2) is 70.1 Å². The number of imidazole rings is 1. The first kappa shape index (κ1) is 26.7. The maximum absolute atomic E-state index is 10.9. The third-order valence-electron chi connectivity index (χ3n) is 7.61. The minimum absolute atomic E-state index is 0.0489. The molecule has 0 radical (unpaired) electrons. The number of amides is 1. The van der Waals surface area contributed by atoms with E-state index in [1.807, 2.05) is 28.8 Å². The van der Waals surface area contributed by atoms with Crippen LogP contribution in [0.2, 0.25) is 0 Å². The zero-order valence-corrected chi connectivity index (χ0v) is 23.0. The fourth-order valence-electron chi connectivity index (χ4n) is 5.47. The summed E-state index contributed by atoms with van der Waals surface area (Å²) in [7, 11) is 1.66. The van der Waals surface area contributed by atoms with Crippen molar-refractivity contribution < 1.29 is 19.4 Å². The first-order valence-electron chi connectivity index (χ1n) is 13.9. The van der Waals surface area contributed by atoms with Gasteiger partial charge in [-0.3, -0.25) is 9.47 Å². The summed E-state index contributed by atoms with van der Waals surface area (Å²) in [6.45, 7) is 3.64. The van der Waals surface area contributed by atoms with Gasteiger partial charge in [0.15, 0.2) is 0 Å². The zero-order chi connectivity index (χ0) is 28.2. The van der Waals surface area contributed by atoms with E-state index in [1.54, 1.807) is 13.4 Å². The molecule has 1 fully saturated rings. The van der Waals surface area contributed by atoms with Crippen LogP contribution in [0.4, 0.5) is 4.79 Å². The van der Waals surface area contributed by atoms with E-state index in [2.05, 4.69) is 63.7 Å². The van der Waals surface area contributed by atoms with Crippen molar-refractivity contribution in [1.82, 2.24) is 24.8 Å². The number of carboxylic acid groups (broad SMARTS) is 1. The number of aromatic nitrogens is 3. The molecular weight excluding hydrogens is 518 g/mol. The minimum atomic E-state index is -0.939. The number of para-hydroxylation sites is 1. The molecule has 1 aliphatic heterocycles. The number of benzene rings is 3. The van der Waals surface area contributed by atoms with E-state index < -0.39 is 6.09 Å². The second kappa shape index (κ2) is 12.0. The first-order chi connectivity index (χ1) is 20.1. The van der Waals surface area contributed by atoms with Crippen molar-refractivity contribution in [3.63, 3.8) is 0 Å². The van der Waals surface area contributed by atoms with Gasteiger partial charge in [-0.15, -0.1) is 0 Å². The van der Waals surface area contributed by atoms with Gasteiger partial charge in [-0.25, -0.2) is 14.8 Å². The maximum atomic E-state index is 10.9. The number of ether oxygens (including phenoxy) is 2. The number of nitrogens with one attached hydrogen (secondary N) is 1. The van der Waals surface area contributed by atoms with Gasteiger partial charge in [-0.2, -0.15) is 0 Å². The molecule has 5 aromatic rings. The highest BCUT2D eigenvalue weighted by Crippen LogP contribution is 2.30. The number of carbonyl (C=O) groups is 1. The number of piperidine rings is 1. The molecule has 0 saturated carbocycles. The molecule has 1 saturated heterocycles. The molecule has 41 heavy (non-hydrogen) atoms. The van der Waals surface area contributed by atoms with Gasteiger partial charge in [0.2, 0.25) is 0 Å². The SMILES string of the molecule is COCCOc1ccc2c(c1)ncn2-c1ccc2cccc(-c3ccc(CN4CCC(NC(=O)O)CC4)cc3)c2n1. The molecule has 3 heterocycles. The lowest BCUT2D eigenvalue weighted by Gasteiger charge is -2.31. The normalized spacial score (nSPS) is 14.5. The van der Waals surface area contributed by atoms with Gasteiger partial charge in [0.1, 0.15) is 24.5 Å². The topological polar surface area (TPSA) is 102 Å². The average molecular weight is 552 g/mol. The van der Waals surface area contributed by atoms with Crippen LogP contribution in [0.1, 0.15) is 18.4 Å². The van der Waals surface area contributed by atoms with E-state index in [4.69, 9.17) is 19.6 Å². The van der Waals surface area contributed by atoms with Gasteiger partial charge in [0.05, 0.1) is 23.2 Å². The number of likely N-dealkylation sites (tertiary alicyclic amines) is 1. The third kappa shape index (κ3) is 6.01. The van der Waals surface area contributed by atoms with Gasteiger partial charge in [0.25, 0.3) is 0 Å². The van der Waals surface area contributed by atoms with Crippen LogP contribution in [0, 0.1) is 0 Å². The van der Waals surface area contributed by atoms with E-state index in [0.717, 1.165) is 77.1 Å². The number of rotatable bonds is 9. The van der Waals surface area contributed by atoms with Gasteiger partial charge < -0.3 is 19.9 Å². The fourth-order valence-corrected chi connectivity index (χ4v) is 5.47. The third-order valence-corrected chi connectivity index (χ3v) is 7.61. The highest BCUT2D eigenvalue weighted by Gasteiger charge is 2.20. The van der Waals surface area contributed by atoms with Crippen LogP contribution in [0.3, 0.4) is 0 Å². The fraction of sp³-hybridized carbons (Fsp3) is 0.281. The van der Waals surface area contributed by atoms with E-state index in [0.29, 0.717) is 13.2 Å². The molecule has 6 rings (SSSR count). The summed E-state index contributed by atoms with van der Waals surface area (Å²) >= 11 is 0. The molecule has 210 valence electrons. The Balaban J connectivity index is 1.21. The molecule has 9 heteroatoms. The molecular formula is C32H33N5O4. The molecule has 0 atom stereocenters. The summed E-state index contributed by atoms with van der Waals surface area (Å²) in [5.74, 6) is 1.56. The molecule has 1 amide bonds. The molecule has 0 bridgehead atoms. The molecule has 2 aromatic heterocycles. The van der Waals surface area contributed by atoms with Crippen LogP contribution in [0.15, 0.2) is 79.1 Å². The van der Waals surface area contributed by atoms with E-state index >= 15 is 0 Å². The standard InChI is InChI=1S/C32H33N5O4/c1-40-17-18-41-26-10-11-29-28(19-26)33-21-37(29)30-12-9-24-3-2-4-27(31(24)35-30)23-7-5-22(6-8-23)20-36-15-13-25(14-16-36)34-32(38)39/h2-12,19,21,25,34H,13-18,20H2,1H3,(H,38,39). The lowest BCUT2D eigenvalue weighted by Crippen LogP contribution is -2.43. The van der Waals surface area contributed by atoms with Crippen LogP contribution >= 0.6 is 0 Å². The number of hydrogen-bond donors (Lipinski definition) is 2. The van der Waals surface area contributed by atoms with Crippen LogP contribution < -0.4 is 10.1 Å². The number of nitrogens with zero attached hydrogens (tertiary/aromatic N) is 4. The Morgan fingerprint density at radius 3 is 2.63 bits per heavy atom. The average Bonchev–Trinajstić information content (AvgIpc) is 3.41. The van der Waals surface area contributed by atoms with Crippen molar-refractivity contribution in [2.75, 3.05) is 33.4 Å². The number of fused-ring (bicyclic) bond motifs is 2. The van der Waals surface area contributed by atoms with E-state index in [9.17, 15) is 4.79 Å². The largest absolute Gasteiger partial charge is 0.491 e.